The van der Waals surface area contributed by atoms with Crippen molar-refractivity contribution in [1.29, 1.82) is 0 Å². The van der Waals surface area contributed by atoms with E-state index in [4.69, 9.17) is 5.73 Å². The Balaban J connectivity index is 0.00000256. The molecule has 0 unspecified atom stereocenters. The van der Waals surface area contributed by atoms with Crippen LogP contribution in [0.2, 0.25) is 0 Å². The highest BCUT2D eigenvalue weighted by Gasteiger charge is 1.96. The Morgan fingerprint density at radius 2 is 2.12 bits per heavy atom. The van der Waals surface area contributed by atoms with Gasteiger partial charge in [0.15, 0.2) is 5.96 Å². The van der Waals surface area contributed by atoms with Crippen LogP contribution in [0, 0.1) is 12.8 Å². The summed E-state index contributed by atoms with van der Waals surface area (Å²) in [6.45, 7) is 7.19. The summed E-state index contributed by atoms with van der Waals surface area (Å²) in [6.07, 6.45) is 1.07. The van der Waals surface area contributed by atoms with Crippen LogP contribution in [0.3, 0.4) is 0 Å². The molecule has 1 aromatic carbocycles. The molecule has 0 aliphatic carbocycles. The van der Waals surface area contributed by atoms with Gasteiger partial charge in [0, 0.05) is 12.2 Å². The minimum atomic E-state index is 0. The van der Waals surface area contributed by atoms with E-state index in [1.54, 1.807) is 0 Å². The number of aryl methyl sites for hydroxylation is 1. The predicted octanol–water partition coefficient (Wildman–Crippen LogP) is 3.39. The average Bonchev–Trinajstić information content (AvgIpc) is 2.16. The second-order valence-corrected chi connectivity index (χ2v) is 4.44. The summed E-state index contributed by atoms with van der Waals surface area (Å²) in [5.74, 6) is 1.15. The smallest absolute Gasteiger partial charge is 0.193 e. The van der Waals surface area contributed by atoms with Crippen LogP contribution in [0.1, 0.15) is 25.8 Å². The van der Waals surface area contributed by atoms with Crippen LogP contribution in [0.4, 0.5) is 5.69 Å². The number of nitrogens with zero attached hydrogens (tertiary/aromatic N) is 1. The molecule has 96 valence electrons. The number of aliphatic imine (C=N–C) groups is 1. The van der Waals surface area contributed by atoms with E-state index >= 15 is 0 Å². The summed E-state index contributed by atoms with van der Waals surface area (Å²) < 4.78 is 0. The quantitative estimate of drug-likeness (QED) is 0.498. The first-order chi connectivity index (χ1) is 7.58. The summed E-state index contributed by atoms with van der Waals surface area (Å²) in [5.41, 5.74) is 7.98. The minimum Gasteiger partial charge on any atom is -0.370 e. The van der Waals surface area contributed by atoms with Crippen molar-refractivity contribution >= 4 is 35.6 Å². The fourth-order valence-electron chi connectivity index (χ4n) is 1.35. The zero-order valence-electron chi connectivity index (χ0n) is 10.7. The molecule has 0 saturated carbocycles. The van der Waals surface area contributed by atoms with Gasteiger partial charge >= 0.3 is 0 Å². The maximum atomic E-state index is 5.78. The zero-order chi connectivity index (χ0) is 12.0. The third kappa shape index (κ3) is 7.20. The van der Waals surface area contributed by atoms with Gasteiger partial charge in [0.1, 0.15) is 0 Å². The van der Waals surface area contributed by atoms with Crippen LogP contribution in [0.25, 0.3) is 0 Å². The van der Waals surface area contributed by atoms with Gasteiger partial charge in [-0.3, -0.25) is 4.99 Å². The Bertz CT molecular complexity index is 361. The molecule has 0 heterocycles. The van der Waals surface area contributed by atoms with Gasteiger partial charge in [-0.25, -0.2) is 0 Å². The molecule has 4 heteroatoms. The van der Waals surface area contributed by atoms with Crippen molar-refractivity contribution in [3.63, 3.8) is 0 Å². The SMILES string of the molecule is Cc1cccc(NC(N)=NCCC(C)C)c1.I. The largest absolute Gasteiger partial charge is 0.370 e. The Kier molecular flexibility index (Phi) is 7.95. The number of rotatable bonds is 4. The van der Waals surface area contributed by atoms with Gasteiger partial charge in [-0.05, 0) is 37.0 Å². The maximum Gasteiger partial charge on any atom is 0.193 e. The molecular formula is C13H22IN3. The maximum absolute atomic E-state index is 5.78. The van der Waals surface area contributed by atoms with Crippen molar-refractivity contribution in [2.24, 2.45) is 16.6 Å². The van der Waals surface area contributed by atoms with Crippen molar-refractivity contribution in [3.8, 4) is 0 Å². The van der Waals surface area contributed by atoms with E-state index in [0.717, 1.165) is 18.7 Å². The molecule has 0 radical (unpaired) electrons. The Morgan fingerprint density at radius 1 is 1.41 bits per heavy atom. The number of guanidine groups is 1. The number of hydrogen-bond donors (Lipinski definition) is 2. The van der Waals surface area contributed by atoms with Crippen LogP contribution in [0.15, 0.2) is 29.3 Å². The lowest BCUT2D eigenvalue weighted by molar-refractivity contribution is 0.597. The molecule has 0 atom stereocenters. The van der Waals surface area contributed by atoms with E-state index < -0.39 is 0 Å². The van der Waals surface area contributed by atoms with Crippen molar-refractivity contribution in [2.45, 2.75) is 27.2 Å². The molecule has 0 aromatic heterocycles. The molecule has 3 N–H and O–H groups in total. The number of benzene rings is 1. The monoisotopic (exact) mass is 347 g/mol. The first-order valence-electron chi connectivity index (χ1n) is 5.71. The van der Waals surface area contributed by atoms with Crippen molar-refractivity contribution in [1.82, 2.24) is 0 Å². The summed E-state index contributed by atoms with van der Waals surface area (Å²) >= 11 is 0. The molecule has 1 rings (SSSR count). The number of nitrogens with one attached hydrogen (secondary N) is 1. The Morgan fingerprint density at radius 3 is 2.71 bits per heavy atom. The van der Waals surface area contributed by atoms with Gasteiger partial charge in [0.05, 0.1) is 0 Å². The highest BCUT2D eigenvalue weighted by Crippen LogP contribution is 2.08. The summed E-state index contributed by atoms with van der Waals surface area (Å²) in [6, 6.07) is 8.08. The van der Waals surface area contributed by atoms with Gasteiger partial charge in [-0.2, -0.15) is 0 Å². The zero-order valence-corrected chi connectivity index (χ0v) is 13.1. The third-order valence-corrected chi connectivity index (χ3v) is 2.28. The molecule has 0 bridgehead atoms. The van der Waals surface area contributed by atoms with Crippen molar-refractivity contribution < 1.29 is 0 Å². The van der Waals surface area contributed by atoms with Crippen LogP contribution >= 0.6 is 24.0 Å². The van der Waals surface area contributed by atoms with E-state index in [9.17, 15) is 0 Å². The summed E-state index contributed by atoms with van der Waals surface area (Å²) in [7, 11) is 0. The second-order valence-electron chi connectivity index (χ2n) is 4.44. The lowest BCUT2D eigenvalue weighted by Crippen LogP contribution is -2.23. The van der Waals surface area contributed by atoms with Crippen molar-refractivity contribution in [2.75, 3.05) is 11.9 Å². The molecule has 17 heavy (non-hydrogen) atoms. The van der Waals surface area contributed by atoms with Crippen LogP contribution in [-0.2, 0) is 0 Å². The second kappa shape index (κ2) is 8.33. The predicted molar refractivity (Wildman–Crippen MR) is 86.2 cm³/mol. The highest BCUT2D eigenvalue weighted by atomic mass is 127. The Labute approximate surface area is 121 Å². The fourth-order valence-corrected chi connectivity index (χ4v) is 1.35. The third-order valence-electron chi connectivity index (χ3n) is 2.28. The standard InChI is InChI=1S/C13H21N3.HI/c1-10(2)7-8-15-13(14)16-12-6-4-5-11(3)9-12;/h4-6,9-10H,7-8H2,1-3H3,(H3,14,15,16);1H. The molecule has 0 aliphatic rings. The minimum absolute atomic E-state index is 0. The van der Waals surface area contributed by atoms with E-state index in [2.05, 4.69) is 37.1 Å². The average molecular weight is 347 g/mol. The Hall–Kier alpha value is -0.780. The van der Waals surface area contributed by atoms with Crippen LogP contribution in [0.5, 0.6) is 0 Å². The van der Waals surface area contributed by atoms with E-state index in [1.165, 1.54) is 5.56 Å². The van der Waals surface area contributed by atoms with Crippen LogP contribution < -0.4 is 11.1 Å². The number of nitrogens with two attached hydrogens (primary N) is 1. The van der Waals surface area contributed by atoms with Gasteiger partial charge in [0.2, 0.25) is 0 Å². The molecular weight excluding hydrogens is 325 g/mol. The molecule has 0 aliphatic heterocycles. The van der Waals surface area contributed by atoms with E-state index in [-0.39, 0.29) is 24.0 Å². The van der Waals surface area contributed by atoms with E-state index in [0.29, 0.717) is 11.9 Å². The highest BCUT2D eigenvalue weighted by molar-refractivity contribution is 14.0. The van der Waals surface area contributed by atoms with Crippen molar-refractivity contribution in [3.05, 3.63) is 29.8 Å². The number of halogens is 1. The normalized spacial score (nSPS) is 11.2. The van der Waals surface area contributed by atoms with Gasteiger partial charge in [0.25, 0.3) is 0 Å². The summed E-state index contributed by atoms with van der Waals surface area (Å²) in [4.78, 5) is 4.27. The molecule has 1 aromatic rings. The van der Waals surface area contributed by atoms with E-state index in [1.807, 2.05) is 18.2 Å². The lowest BCUT2D eigenvalue weighted by atomic mass is 10.1. The lowest BCUT2D eigenvalue weighted by Gasteiger charge is -2.06. The fraction of sp³-hybridized carbons (Fsp3) is 0.462. The molecule has 0 fully saturated rings. The molecule has 3 nitrogen and oxygen atoms in total. The van der Waals surface area contributed by atoms with Gasteiger partial charge in [-0.1, -0.05) is 26.0 Å². The van der Waals surface area contributed by atoms with Gasteiger partial charge < -0.3 is 11.1 Å². The first-order valence-corrected chi connectivity index (χ1v) is 5.71. The molecule has 0 saturated heterocycles. The summed E-state index contributed by atoms with van der Waals surface area (Å²) in [5, 5.41) is 3.08. The number of anilines is 1. The van der Waals surface area contributed by atoms with Gasteiger partial charge in [-0.15, -0.1) is 24.0 Å². The number of hydrogen-bond acceptors (Lipinski definition) is 1. The molecule has 0 spiro atoms. The van der Waals surface area contributed by atoms with Crippen LogP contribution in [-0.4, -0.2) is 12.5 Å². The first kappa shape index (κ1) is 16.2. The molecule has 0 amide bonds. The topological polar surface area (TPSA) is 50.4 Å².